The van der Waals surface area contributed by atoms with Crippen LogP contribution in [0.3, 0.4) is 0 Å². The van der Waals surface area contributed by atoms with Crippen molar-refractivity contribution in [1.29, 1.82) is 0 Å². The highest BCUT2D eigenvalue weighted by Gasteiger charge is 2.33. The number of rotatable bonds is 0. The van der Waals surface area contributed by atoms with Crippen LogP contribution in [0.25, 0.3) is 0 Å². The van der Waals surface area contributed by atoms with Gasteiger partial charge in [0.05, 0.1) is 0 Å². The molecule has 0 aromatic carbocycles. The van der Waals surface area contributed by atoms with E-state index in [0.29, 0.717) is 5.54 Å². The van der Waals surface area contributed by atoms with Crippen molar-refractivity contribution in [3.05, 3.63) is 0 Å². The van der Waals surface area contributed by atoms with E-state index in [9.17, 15) is 0 Å². The van der Waals surface area contributed by atoms with Gasteiger partial charge in [-0.25, -0.2) is 0 Å². The Hall–Kier alpha value is -0.0400. The summed E-state index contributed by atoms with van der Waals surface area (Å²) in [6, 6.07) is 0. The number of hydrogen-bond donors (Lipinski definition) is 1. The first-order valence-corrected chi connectivity index (χ1v) is 7.06. The van der Waals surface area contributed by atoms with Crippen molar-refractivity contribution in [3.8, 4) is 0 Å². The summed E-state index contributed by atoms with van der Waals surface area (Å²) in [4.78, 5) is 0. The maximum Gasteiger partial charge on any atom is 0.0184 e. The average molecular weight is 211 g/mol. The van der Waals surface area contributed by atoms with Gasteiger partial charge in [0.2, 0.25) is 0 Å². The first kappa shape index (κ1) is 13.0. The first-order chi connectivity index (χ1) is 7.31. The molecule has 1 saturated heterocycles. The van der Waals surface area contributed by atoms with Crippen LogP contribution in [0.5, 0.6) is 0 Å². The van der Waals surface area contributed by atoms with Crippen LogP contribution < -0.4 is 5.32 Å². The van der Waals surface area contributed by atoms with Gasteiger partial charge in [0, 0.05) is 5.54 Å². The van der Waals surface area contributed by atoms with E-state index >= 15 is 0 Å². The Labute approximate surface area is 96.0 Å². The Morgan fingerprint density at radius 3 is 2.33 bits per heavy atom. The van der Waals surface area contributed by atoms with E-state index in [4.69, 9.17) is 0 Å². The molecule has 0 radical (unpaired) electrons. The molecule has 1 aliphatic carbocycles. The normalized spacial score (nSPS) is 36.6. The van der Waals surface area contributed by atoms with Gasteiger partial charge in [0.25, 0.3) is 0 Å². The topological polar surface area (TPSA) is 12.0 Å². The second-order valence-corrected chi connectivity index (χ2v) is 5.22. The van der Waals surface area contributed by atoms with Crippen LogP contribution in [0.4, 0.5) is 0 Å². The minimum Gasteiger partial charge on any atom is -0.311 e. The lowest BCUT2D eigenvalue weighted by Gasteiger charge is -2.39. The molecule has 0 aromatic rings. The van der Waals surface area contributed by atoms with E-state index < -0.39 is 0 Å². The fraction of sp³-hybridized carbons (Fsp3) is 1.00. The summed E-state index contributed by atoms with van der Waals surface area (Å²) in [5.41, 5.74) is 0.564. The van der Waals surface area contributed by atoms with Gasteiger partial charge in [0.15, 0.2) is 0 Å². The molecule has 1 heteroatoms. The summed E-state index contributed by atoms with van der Waals surface area (Å²) < 4.78 is 0. The fourth-order valence-electron chi connectivity index (χ4n) is 3.25. The van der Waals surface area contributed by atoms with Crippen LogP contribution in [0, 0.1) is 5.92 Å². The second kappa shape index (κ2) is 6.52. The van der Waals surface area contributed by atoms with E-state index in [0.717, 1.165) is 5.92 Å². The molecule has 1 N–H and O–H groups in total. The van der Waals surface area contributed by atoms with Crippen molar-refractivity contribution < 1.29 is 0 Å². The van der Waals surface area contributed by atoms with Crippen LogP contribution in [0.15, 0.2) is 0 Å². The number of piperidine rings is 1. The summed E-state index contributed by atoms with van der Waals surface area (Å²) in [6.45, 7) is 7.70. The van der Waals surface area contributed by atoms with Crippen molar-refractivity contribution in [2.45, 2.75) is 77.7 Å². The summed E-state index contributed by atoms with van der Waals surface area (Å²) in [7, 11) is 0. The maximum absolute atomic E-state index is 3.80. The largest absolute Gasteiger partial charge is 0.311 e. The third kappa shape index (κ3) is 3.79. The predicted octanol–water partition coefficient (Wildman–Crippen LogP) is 4.13. The average Bonchev–Trinajstić information content (AvgIpc) is 2.45. The van der Waals surface area contributed by atoms with E-state index in [-0.39, 0.29) is 0 Å². The summed E-state index contributed by atoms with van der Waals surface area (Å²) in [5, 5.41) is 3.80. The summed E-state index contributed by atoms with van der Waals surface area (Å²) >= 11 is 0. The van der Waals surface area contributed by atoms with Crippen LogP contribution in [0.1, 0.15) is 72.1 Å². The quantitative estimate of drug-likeness (QED) is 0.635. The van der Waals surface area contributed by atoms with Gasteiger partial charge < -0.3 is 5.32 Å². The van der Waals surface area contributed by atoms with E-state index in [1.54, 1.807) is 0 Å². The third-order valence-electron chi connectivity index (χ3n) is 3.92. The fourth-order valence-corrected chi connectivity index (χ4v) is 3.25. The minimum atomic E-state index is 0.564. The van der Waals surface area contributed by atoms with Crippen LogP contribution in [0.2, 0.25) is 0 Å². The smallest absolute Gasteiger partial charge is 0.0184 e. The van der Waals surface area contributed by atoms with Crippen LogP contribution in [-0.2, 0) is 0 Å². The van der Waals surface area contributed by atoms with Gasteiger partial charge in [-0.15, -0.1) is 0 Å². The highest BCUT2D eigenvalue weighted by molar-refractivity contribution is 4.93. The Kier molecular flexibility index (Phi) is 5.66. The molecule has 1 aliphatic heterocycles. The molecular weight excluding hydrogens is 182 g/mol. The van der Waals surface area contributed by atoms with Crippen molar-refractivity contribution >= 4 is 0 Å². The number of hydrogen-bond acceptors (Lipinski definition) is 1. The third-order valence-corrected chi connectivity index (χ3v) is 3.92. The van der Waals surface area contributed by atoms with Gasteiger partial charge in [-0.3, -0.25) is 0 Å². The van der Waals surface area contributed by atoms with E-state index in [1.807, 2.05) is 13.8 Å². The monoisotopic (exact) mass is 211 g/mol. The zero-order valence-electron chi connectivity index (χ0n) is 10.9. The van der Waals surface area contributed by atoms with Gasteiger partial charge in [-0.2, -0.15) is 0 Å². The van der Waals surface area contributed by atoms with Crippen molar-refractivity contribution in [1.82, 2.24) is 5.32 Å². The van der Waals surface area contributed by atoms with E-state index in [1.165, 1.54) is 57.9 Å². The number of nitrogens with one attached hydrogen (secondary N) is 1. The molecule has 2 fully saturated rings. The van der Waals surface area contributed by atoms with E-state index in [2.05, 4.69) is 12.2 Å². The van der Waals surface area contributed by atoms with Crippen molar-refractivity contribution in [3.63, 3.8) is 0 Å². The minimum absolute atomic E-state index is 0.564. The van der Waals surface area contributed by atoms with Gasteiger partial charge in [-0.1, -0.05) is 46.5 Å². The van der Waals surface area contributed by atoms with Crippen molar-refractivity contribution in [2.75, 3.05) is 6.54 Å². The Morgan fingerprint density at radius 1 is 1.00 bits per heavy atom. The lowest BCUT2D eigenvalue weighted by atomic mass is 9.80. The Bertz CT molecular complexity index is 159. The summed E-state index contributed by atoms with van der Waals surface area (Å²) in [5.74, 6) is 0.952. The van der Waals surface area contributed by atoms with Gasteiger partial charge in [0.1, 0.15) is 0 Å². The molecule has 0 bridgehead atoms. The molecule has 2 aliphatic rings. The molecule has 1 nitrogen and oxygen atoms in total. The van der Waals surface area contributed by atoms with Crippen LogP contribution >= 0.6 is 0 Å². The predicted molar refractivity (Wildman–Crippen MR) is 68.2 cm³/mol. The van der Waals surface area contributed by atoms with Gasteiger partial charge in [-0.05, 0) is 38.1 Å². The molecule has 0 amide bonds. The molecular formula is C14H29N. The highest BCUT2D eigenvalue weighted by atomic mass is 15.0. The lowest BCUT2D eigenvalue weighted by molar-refractivity contribution is 0.205. The molecule has 90 valence electrons. The maximum atomic E-state index is 3.80. The standard InChI is InChI=1S/C12H23N.C2H6/c1-11-6-2-3-7-12(10-11)8-4-5-9-13-12;1-2/h11,13H,2-10H2,1H3;1-2H3. The molecule has 0 aromatic heterocycles. The molecule has 2 atom stereocenters. The lowest BCUT2D eigenvalue weighted by Crippen LogP contribution is -2.48. The zero-order chi connectivity index (χ0) is 11.1. The molecule has 15 heavy (non-hydrogen) atoms. The Morgan fingerprint density at radius 2 is 1.67 bits per heavy atom. The second-order valence-electron chi connectivity index (χ2n) is 5.22. The SMILES string of the molecule is CC.CC1CCCCC2(CCCCN2)C1. The molecule has 1 spiro atoms. The molecule has 1 heterocycles. The summed E-state index contributed by atoms with van der Waals surface area (Å²) in [6.07, 6.45) is 11.6. The van der Waals surface area contributed by atoms with Crippen LogP contribution in [-0.4, -0.2) is 12.1 Å². The molecule has 2 unspecified atom stereocenters. The van der Waals surface area contributed by atoms with Crippen molar-refractivity contribution in [2.24, 2.45) is 5.92 Å². The zero-order valence-corrected chi connectivity index (χ0v) is 10.9. The Balaban J connectivity index is 0.000000531. The van der Waals surface area contributed by atoms with Gasteiger partial charge >= 0.3 is 0 Å². The highest BCUT2D eigenvalue weighted by Crippen LogP contribution is 2.35. The molecule has 2 rings (SSSR count). The molecule has 1 saturated carbocycles. The first-order valence-electron chi connectivity index (χ1n) is 7.06.